The molecule has 0 unspecified atom stereocenters. The Bertz CT molecular complexity index is 1530. The quantitative estimate of drug-likeness (QED) is 0.128. The smallest absolute Gasteiger partial charge is 0.303 e. The van der Waals surface area contributed by atoms with E-state index in [0.717, 1.165) is 67.2 Å². The van der Waals surface area contributed by atoms with E-state index in [1.54, 1.807) is 6.07 Å². The van der Waals surface area contributed by atoms with E-state index >= 15 is 0 Å². The summed E-state index contributed by atoms with van der Waals surface area (Å²) in [6.45, 7) is 0.972. The van der Waals surface area contributed by atoms with Gasteiger partial charge in [0.05, 0.1) is 13.2 Å². The Kier molecular flexibility index (Phi) is 11.4. The molecule has 46 heavy (non-hydrogen) atoms. The number of carbonyl (C=O) groups excluding carboxylic acids is 1. The van der Waals surface area contributed by atoms with E-state index < -0.39 is 11.9 Å². The lowest BCUT2D eigenvalue weighted by Crippen LogP contribution is -2.25. The molecular formula is C36H41NO9. The lowest BCUT2D eigenvalue weighted by molar-refractivity contribution is -0.138. The maximum absolute atomic E-state index is 12.9. The summed E-state index contributed by atoms with van der Waals surface area (Å²) in [6.07, 6.45) is 7.27. The van der Waals surface area contributed by atoms with Gasteiger partial charge in [-0.25, -0.2) is 0 Å². The summed E-state index contributed by atoms with van der Waals surface area (Å²) in [5, 5.41) is 21.2. The Morgan fingerprint density at radius 2 is 1.54 bits per heavy atom. The van der Waals surface area contributed by atoms with Crippen LogP contribution in [0.3, 0.4) is 0 Å². The van der Waals surface area contributed by atoms with Crippen LogP contribution >= 0.6 is 0 Å². The molecule has 0 radical (unpaired) electrons. The second kappa shape index (κ2) is 16.0. The molecule has 1 aliphatic carbocycles. The summed E-state index contributed by atoms with van der Waals surface area (Å²) >= 11 is 0. The maximum atomic E-state index is 12.9. The SMILES string of the molecule is O=C(O)CCCOc1cccc(CCCCCCOc2cc(C(=O)NC3CC3)cc(-c3ccc4c(c3)OCO4)c2)c1CCC(=O)O. The first-order valence-electron chi connectivity index (χ1n) is 16.0. The van der Waals surface area contributed by atoms with E-state index in [-0.39, 0.29) is 38.2 Å². The average Bonchev–Trinajstić information content (AvgIpc) is 3.73. The van der Waals surface area contributed by atoms with Crippen LogP contribution in [0.2, 0.25) is 0 Å². The zero-order valence-corrected chi connectivity index (χ0v) is 25.9. The minimum absolute atomic E-state index is 0.000338. The Morgan fingerprint density at radius 1 is 0.761 bits per heavy atom. The summed E-state index contributed by atoms with van der Waals surface area (Å²) in [6, 6.07) is 17.3. The number of benzene rings is 3. The lowest BCUT2D eigenvalue weighted by atomic mass is 9.97. The minimum Gasteiger partial charge on any atom is -0.494 e. The first-order chi connectivity index (χ1) is 22.4. The van der Waals surface area contributed by atoms with E-state index in [1.807, 2.05) is 48.5 Å². The van der Waals surface area contributed by atoms with E-state index in [1.165, 1.54) is 0 Å². The molecule has 0 bridgehead atoms. The topological polar surface area (TPSA) is 141 Å². The fourth-order valence-corrected chi connectivity index (χ4v) is 5.42. The fourth-order valence-electron chi connectivity index (χ4n) is 5.42. The molecule has 1 heterocycles. The summed E-state index contributed by atoms with van der Waals surface area (Å²) in [5.74, 6) is 0.802. The Morgan fingerprint density at radius 3 is 2.35 bits per heavy atom. The third kappa shape index (κ3) is 9.63. The lowest BCUT2D eigenvalue weighted by Gasteiger charge is -2.15. The van der Waals surface area contributed by atoms with E-state index in [0.29, 0.717) is 48.0 Å². The van der Waals surface area contributed by atoms with Gasteiger partial charge in [0.25, 0.3) is 5.91 Å². The van der Waals surface area contributed by atoms with Crippen LogP contribution in [0.4, 0.5) is 0 Å². The first kappa shape index (κ1) is 32.7. The van der Waals surface area contributed by atoms with Gasteiger partial charge in [-0.05, 0) is 104 Å². The van der Waals surface area contributed by atoms with Gasteiger partial charge in [-0.1, -0.05) is 31.0 Å². The molecule has 0 aromatic heterocycles. The number of aryl methyl sites for hydroxylation is 1. The summed E-state index contributed by atoms with van der Waals surface area (Å²) in [5.41, 5.74) is 4.28. The number of carbonyl (C=O) groups is 3. The molecule has 1 fully saturated rings. The molecule has 0 saturated heterocycles. The predicted molar refractivity (Wildman–Crippen MR) is 171 cm³/mol. The molecule has 1 saturated carbocycles. The Labute approximate surface area is 268 Å². The molecule has 10 nitrogen and oxygen atoms in total. The van der Waals surface area contributed by atoms with E-state index in [4.69, 9.17) is 24.1 Å². The third-order valence-electron chi connectivity index (χ3n) is 8.01. The van der Waals surface area contributed by atoms with Crippen molar-refractivity contribution in [2.24, 2.45) is 0 Å². The molecule has 1 amide bonds. The van der Waals surface area contributed by atoms with Crippen molar-refractivity contribution in [3.63, 3.8) is 0 Å². The zero-order chi connectivity index (χ0) is 32.3. The van der Waals surface area contributed by atoms with Crippen LogP contribution in [0.1, 0.15) is 79.3 Å². The summed E-state index contributed by atoms with van der Waals surface area (Å²) < 4.78 is 23.0. The summed E-state index contributed by atoms with van der Waals surface area (Å²) in [4.78, 5) is 35.0. The number of amides is 1. The van der Waals surface area contributed by atoms with Crippen LogP contribution in [0.15, 0.2) is 54.6 Å². The van der Waals surface area contributed by atoms with Gasteiger partial charge >= 0.3 is 11.9 Å². The van der Waals surface area contributed by atoms with E-state index in [9.17, 15) is 19.5 Å². The zero-order valence-electron chi connectivity index (χ0n) is 25.9. The maximum Gasteiger partial charge on any atom is 0.303 e. The Balaban J connectivity index is 1.13. The number of hydrogen-bond donors (Lipinski definition) is 3. The van der Waals surface area contributed by atoms with Gasteiger partial charge in [-0.15, -0.1) is 0 Å². The number of aliphatic carboxylic acids is 2. The molecule has 244 valence electrons. The molecule has 10 heteroatoms. The fraction of sp³-hybridized carbons (Fsp3) is 0.417. The molecular weight excluding hydrogens is 590 g/mol. The normalized spacial score (nSPS) is 13.3. The van der Waals surface area contributed by atoms with Crippen LogP contribution in [0, 0.1) is 0 Å². The molecule has 2 aliphatic rings. The molecule has 5 rings (SSSR count). The van der Waals surface area contributed by atoms with Crippen molar-refractivity contribution in [2.45, 2.75) is 76.7 Å². The van der Waals surface area contributed by atoms with Crippen molar-refractivity contribution >= 4 is 17.8 Å². The third-order valence-corrected chi connectivity index (χ3v) is 8.01. The highest BCUT2D eigenvalue weighted by atomic mass is 16.7. The van der Waals surface area contributed by atoms with Crippen molar-refractivity contribution in [1.82, 2.24) is 5.32 Å². The van der Waals surface area contributed by atoms with Gasteiger partial charge in [0.2, 0.25) is 6.79 Å². The van der Waals surface area contributed by atoms with E-state index in [2.05, 4.69) is 5.32 Å². The first-order valence-corrected chi connectivity index (χ1v) is 16.0. The Hall–Kier alpha value is -4.73. The number of carboxylic acid groups (broad SMARTS) is 2. The highest BCUT2D eigenvalue weighted by Gasteiger charge is 2.24. The second-order valence-corrected chi connectivity index (χ2v) is 11.7. The number of hydrogen-bond acceptors (Lipinski definition) is 7. The van der Waals surface area contributed by atoms with Gasteiger partial charge in [0, 0.05) is 24.4 Å². The van der Waals surface area contributed by atoms with Crippen LogP contribution in [0.25, 0.3) is 11.1 Å². The molecule has 3 N–H and O–H groups in total. The number of ether oxygens (including phenoxy) is 4. The highest BCUT2D eigenvalue weighted by Crippen LogP contribution is 2.37. The molecule has 0 atom stereocenters. The van der Waals surface area contributed by atoms with Gasteiger partial charge in [0.1, 0.15) is 11.5 Å². The van der Waals surface area contributed by atoms with Crippen LogP contribution in [-0.2, 0) is 22.4 Å². The number of carboxylic acids is 2. The van der Waals surface area contributed by atoms with Gasteiger partial charge in [-0.2, -0.15) is 0 Å². The molecule has 1 aliphatic heterocycles. The van der Waals surface area contributed by atoms with Crippen LogP contribution in [-0.4, -0.2) is 54.1 Å². The molecule has 3 aromatic rings. The number of unbranched alkanes of at least 4 members (excludes halogenated alkanes) is 3. The van der Waals surface area contributed by atoms with Crippen molar-refractivity contribution in [3.05, 3.63) is 71.3 Å². The molecule has 3 aromatic carbocycles. The number of rotatable bonds is 19. The van der Waals surface area contributed by atoms with Gasteiger partial charge in [-0.3, -0.25) is 14.4 Å². The average molecular weight is 632 g/mol. The standard InChI is InChI=1S/C36H41NO9/c38-34(39)10-6-18-44-31-9-5-8-24(30(31)14-16-35(40)41)7-3-1-2-4-17-43-29-20-26(19-27(21-29)36(42)37-28-12-13-28)25-11-15-32-33(22-25)46-23-45-32/h5,8-9,11,15,19-22,28H,1-4,6-7,10,12-14,16-18,23H2,(H,37,42)(H,38,39)(H,40,41). The molecule has 0 spiro atoms. The van der Waals surface area contributed by atoms with Crippen molar-refractivity contribution < 1.29 is 43.5 Å². The largest absolute Gasteiger partial charge is 0.494 e. The van der Waals surface area contributed by atoms with Crippen molar-refractivity contribution in [3.8, 4) is 34.1 Å². The minimum atomic E-state index is -0.872. The van der Waals surface area contributed by atoms with Crippen LogP contribution in [0.5, 0.6) is 23.0 Å². The van der Waals surface area contributed by atoms with Gasteiger partial charge in [0.15, 0.2) is 11.5 Å². The number of fused-ring (bicyclic) bond motifs is 1. The summed E-state index contributed by atoms with van der Waals surface area (Å²) in [7, 11) is 0. The van der Waals surface area contributed by atoms with Crippen molar-refractivity contribution in [1.29, 1.82) is 0 Å². The monoisotopic (exact) mass is 631 g/mol. The second-order valence-electron chi connectivity index (χ2n) is 11.7. The number of nitrogens with one attached hydrogen (secondary N) is 1. The van der Waals surface area contributed by atoms with Crippen molar-refractivity contribution in [2.75, 3.05) is 20.0 Å². The van der Waals surface area contributed by atoms with Crippen LogP contribution < -0.4 is 24.3 Å². The van der Waals surface area contributed by atoms with Gasteiger partial charge < -0.3 is 34.5 Å². The predicted octanol–water partition coefficient (Wildman–Crippen LogP) is 6.42. The highest BCUT2D eigenvalue weighted by molar-refractivity contribution is 5.96.